The summed E-state index contributed by atoms with van der Waals surface area (Å²) in [6.07, 6.45) is 1.75. The Balaban J connectivity index is 1.63. The van der Waals surface area contributed by atoms with E-state index in [1.54, 1.807) is 23.2 Å². The van der Waals surface area contributed by atoms with E-state index in [9.17, 15) is 9.90 Å². The number of nitrogens with zero attached hydrogens (tertiary/aromatic N) is 2. The summed E-state index contributed by atoms with van der Waals surface area (Å²) in [5, 5.41) is 12.3. The number of carbonyl (C=O) groups is 1. The highest BCUT2D eigenvalue weighted by Crippen LogP contribution is 2.26. The van der Waals surface area contributed by atoms with E-state index >= 15 is 0 Å². The molecule has 1 aromatic heterocycles. The Morgan fingerprint density at radius 2 is 2.17 bits per heavy atom. The summed E-state index contributed by atoms with van der Waals surface area (Å²) >= 11 is 0. The topological polar surface area (TPSA) is 74.7 Å². The highest BCUT2D eigenvalue weighted by molar-refractivity contribution is 5.89. The first-order valence-corrected chi connectivity index (χ1v) is 7.97. The van der Waals surface area contributed by atoms with Gasteiger partial charge in [0.05, 0.1) is 18.0 Å². The predicted molar refractivity (Wildman–Crippen MR) is 91.4 cm³/mol. The second-order valence-corrected chi connectivity index (χ2v) is 6.00. The van der Waals surface area contributed by atoms with Crippen LogP contribution in [0.4, 0.5) is 10.5 Å². The van der Waals surface area contributed by atoms with Crippen molar-refractivity contribution in [2.75, 3.05) is 18.4 Å². The van der Waals surface area contributed by atoms with Crippen molar-refractivity contribution in [1.29, 1.82) is 0 Å². The number of rotatable bonds is 3. The molecule has 1 aliphatic heterocycles. The fourth-order valence-electron chi connectivity index (χ4n) is 2.59. The van der Waals surface area contributed by atoms with E-state index in [1.165, 1.54) is 0 Å². The van der Waals surface area contributed by atoms with Crippen LogP contribution in [0.15, 0.2) is 36.5 Å². The first-order chi connectivity index (χ1) is 11.5. The molecular weight excluding hydrogens is 306 g/mol. The number of urea groups is 1. The summed E-state index contributed by atoms with van der Waals surface area (Å²) in [6, 6.07) is 9.11. The van der Waals surface area contributed by atoms with E-state index in [0.29, 0.717) is 31.1 Å². The summed E-state index contributed by atoms with van der Waals surface area (Å²) < 4.78 is 5.80. The molecule has 1 fully saturated rings. The van der Waals surface area contributed by atoms with E-state index in [4.69, 9.17) is 4.74 Å². The van der Waals surface area contributed by atoms with E-state index in [1.807, 2.05) is 32.0 Å². The maximum Gasteiger partial charge on any atom is 0.321 e. The van der Waals surface area contributed by atoms with E-state index < -0.39 is 6.10 Å². The average molecular weight is 327 g/mol. The zero-order valence-electron chi connectivity index (χ0n) is 13.8. The van der Waals surface area contributed by atoms with E-state index in [2.05, 4.69) is 10.3 Å². The van der Waals surface area contributed by atoms with Crippen molar-refractivity contribution >= 4 is 11.7 Å². The van der Waals surface area contributed by atoms with Crippen molar-refractivity contribution in [1.82, 2.24) is 9.88 Å². The van der Waals surface area contributed by atoms with Crippen LogP contribution in [-0.2, 0) is 0 Å². The number of pyridine rings is 1. The van der Waals surface area contributed by atoms with Crippen LogP contribution in [0.1, 0.15) is 17.5 Å². The molecule has 0 bridgehead atoms. The third kappa shape index (κ3) is 3.65. The molecule has 1 saturated heterocycles. The van der Waals surface area contributed by atoms with Crippen molar-refractivity contribution in [3.8, 4) is 11.6 Å². The molecule has 126 valence electrons. The molecule has 2 aromatic rings. The smallest absolute Gasteiger partial charge is 0.321 e. The highest BCUT2D eigenvalue weighted by Gasteiger charge is 2.24. The largest absolute Gasteiger partial charge is 0.439 e. The number of hydrogen-bond acceptors (Lipinski definition) is 4. The molecule has 2 heterocycles. The highest BCUT2D eigenvalue weighted by atomic mass is 16.5. The number of aryl methyl sites for hydroxylation is 1. The Kier molecular flexibility index (Phi) is 4.66. The van der Waals surface area contributed by atoms with Crippen LogP contribution >= 0.6 is 0 Å². The van der Waals surface area contributed by atoms with Gasteiger partial charge in [-0.05, 0) is 43.5 Å². The molecule has 3 rings (SSSR count). The maximum absolute atomic E-state index is 12.1. The minimum atomic E-state index is -0.429. The monoisotopic (exact) mass is 327 g/mol. The second-order valence-electron chi connectivity index (χ2n) is 6.00. The molecular formula is C18H21N3O3. The lowest BCUT2D eigenvalue weighted by Crippen LogP contribution is -2.33. The summed E-state index contributed by atoms with van der Waals surface area (Å²) in [5.74, 6) is 1.24. The first-order valence-electron chi connectivity index (χ1n) is 7.97. The second kappa shape index (κ2) is 6.88. The SMILES string of the molecule is Cc1cccc(Oc2ccc(NC(=O)N3CC[C@H](O)C3)cn2)c1C. The maximum atomic E-state index is 12.1. The summed E-state index contributed by atoms with van der Waals surface area (Å²) in [7, 11) is 0. The third-order valence-corrected chi connectivity index (χ3v) is 4.21. The summed E-state index contributed by atoms with van der Waals surface area (Å²) in [6.45, 7) is 4.97. The van der Waals surface area contributed by atoms with Crippen LogP contribution in [0.2, 0.25) is 0 Å². The quantitative estimate of drug-likeness (QED) is 0.908. The van der Waals surface area contributed by atoms with Gasteiger partial charge < -0.3 is 20.1 Å². The summed E-state index contributed by atoms with van der Waals surface area (Å²) in [5.41, 5.74) is 2.82. The number of hydrogen-bond donors (Lipinski definition) is 2. The number of anilines is 1. The van der Waals surface area contributed by atoms with Gasteiger partial charge in [-0.25, -0.2) is 9.78 Å². The van der Waals surface area contributed by atoms with Crippen LogP contribution < -0.4 is 10.1 Å². The number of likely N-dealkylation sites (tertiary alicyclic amines) is 1. The standard InChI is InChI=1S/C18H21N3O3/c1-12-4-3-5-16(13(12)2)24-17-7-6-14(10-19-17)20-18(23)21-9-8-15(22)11-21/h3-7,10,15,22H,8-9,11H2,1-2H3,(H,20,23)/t15-/m0/s1. The zero-order chi connectivity index (χ0) is 17.1. The van der Waals surface area contributed by atoms with Gasteiger partial charge >= 0.3 is 6.03 Å². The number of ether oxygens (including phenoxy) is 1. The van der Waals surface area contributed by atoms with Crippen molar-refractivity contribution < 1.29 is 14.6 Å². The number of benzene rings is 1. The Morgan fingerprint density at radius 1 is 1.33 bits per heavy atom. The lowest BCUT2D eigenvalue weighted by molar-refractivity contribution is 0.176. The molecule has 1 atom stereocenters. The molecule has 6 nitrogen and oxygen atoms in total. The number of amides is 2. The molecule has 6 heteroatoms. The molecule has 1 aliphatic rings. The van der Waals surface area contributed by atoms with E-state index in [0.717, 1.165) is 16.9 Å². The lowest BCUT2D eigenvalue weighted by Gasteiger charge is -2.16. The Labute approximate surface area is 141 Å². The lowest BCUT2D eigenvalue weighted by atomic mass is 10.1. The third-order valence-electron chi connectivity index (χ3n) is 4.21. The minimum absolute atomic E-state index is 0.225. The summed E-state index contributed by atoms with van der Waals surface area (Å²) in [4.78, 5) is 17.9. The van der Waals surface area contributed by atoms with Gasteiger partial charge in [0.15, 0.2) is 0 Å². The molecule has 2 amide bonds. The van der Waals surface area contributed by atoms with Crippen molar-refractivity contribution in [2.24, 2.45) is 0 Å². The minimum Gasteiger partial charge on any atom is -0.439 e. The van der Waals surface area contributed by atoms with Crippen molar-refractivity contribution in [2.45, 2.75) is 26.4 Å². The molecule has 0 saturated carbocycles. The van der Waals surface area contributed by atoms with Gasteiger partial charge in [-0.15, -0.1) is 0 Å². The van der Waals surface area contributed by atoms with Crippen LogP contribution in [-0.4, -0.2) is 40.2 Å². The normalized spacial score (nSPS) is 17.0. The van der Waals surface area contributed by atoms with E-state index in [-0.39, 0.29) is 6.03 Å². The number of aliphatic hydroxyl groups excluding tert-OH is 1. The van der Waals surface area contributed by atoms with Crippen molar-refractivity contribution in [3.05, 3.63) is 47.7 Å². The fraction of sp³-hybridized carbons (Fsp3) is 0.333. The number of nitrogens with one attached hydrogen (secondary N) is 1. The molecule has 24 heavy (non-hydrogen) atoms. The van der Waals surface area contributed by atoms with Gasteiger partial charge in [0, 0.05) is 19.2 Å². The number of aromatic nitrogens is 1. The molecule has 2 N–H and O–H groups in total. The van der Waals surface area contributed by atoms with Gasteiger partial charge in [-0.2, -0.15) is 0 Å². The fourth-order valence-corrected chi connectivity index (χ4v) is 2.59. The number of β-amino-alcohol motifs (C(OH)–C–C–N with tert-alkyl or cyclic N) is 1. The molecule has 0 radical (unpaired) electrons. The van der Waals surface area contributed by atoms with Crippen LogP contribution in [0.25, 0.3) is 0 Å². The Hall–Kier alpha value is -2.60. The number of carbonyl (C=O) groups excluding carboxylic acids is 1. The van der Waals surface area contributed by atoms with Crippen LogP contribution in [0.5, 0.6) is 11.6 Å². The average Bonchev–Trinajstić information content (AvgIpc) is 3.00. The molecule has 1 aromatic carbocycles. The molecule has 0 unspecified atom stereocenters. The van der Waals surface area contributed by atoms with Crippen LogP contribution in [0.3, 0.4) is 0 Å². The van der Waals surface area contributed by atoms with Crippen LogP contribution in [0, 0.1) is 13.8 Å². The zero-order valence-corrected chi connectivity index (χ0v) is 13.8. The van der Waals surface area contributed by atoms with Gasteiger partial charge in [0.2, 0.25) is 5.88 Å². The first kappa shape index (κ1) is 16.3. The predicted octanol–water partition coefficient (Wildman–Crippen LogP) is 3.09. The Bertz CT molecular complexity index is 731. The molecule has 0 spiro atoms. The van der Waals surface area contributed by atoms with Gasteiger partial charge in [0.25, 0.3) is 0 Å². The Morgan fingerprint density at radius 3 is 2.83 bits per heavy atom. The van der Waals surface area contributed by atoms with Gasteiger partial charge in [-0.3, -0.25) is 0 Å². The number of aliphatic hydroxyl groups is 1. The van der Waals surface area contributed by atoms with Gasteiger partial charge in [-0.1, -0.05) is 12.1 Å². The molecule has 0 aliphatic carbocycles. The van der Waals surface area contributed by atoms with Crippen molar-refractivity contribution in [3.63, 3.8) is 0 Å². The van der Waals surface area contributed by atoms with Gasteiger partial charge in [0.1, 0.15) is 5.75 Å².